The summed E-state index contributed by atoms with van der Waals surface area (Å²) in [4.78, 5) is 0. The van der Waals surface area contributed by atoms with E-state index in [0.29, 0.717) is 0 Å². The van der Waals surface area contributed by atoms with Crippen molar-refractivity contribution in [3.63, 3.8) is 0 Å². The highest BCUT2D eigenvalue weighted by Gasteiger charge is 1.74. The highest BCUT2D eigenvalue weighted by Crippen LogP contribution is 1.88. The van der Waals surface area contributed by atoms with Gasteiger partial charge in [-0.1, -0.05) is 13.3 Å². The molecule has 0 unspecified atom stereocenters. The number of rotatable bonds is 3. The fourth-order valence-electron chi connectivity index (χ4n) is 0.256. The van der Waals surface area contributed by atoms with Gasteiger partial charge in [-0.25, -0.2) is 0 Å². The van der Waals surface area contributed by atoms with Crippen LogP contribution in [0.3, 0.4) is 0 Å². The summed E-state index contributed by atoms with van der Waals surface area (Å²) in [6.07, 6.45) is 2.90. The van der Waals surface area contributed by atoms with Gasteiger partial charge in [-0.3, -0.25) is 0 Å². The predicted molar refractivity (Wildman–Crippen MR) is 39.3 cm³/mol. The monoisotopic (exact) mass is 145 g/mol. The number of nitrogens with zero attached hydrogens (tertiary/aromatic N) is 1. The molecule has 10 heavy (non-hydrogen) atoms. The van der Waals surface area contributed by atoms with Crippen molar-refractivity contribution < 1.29 is 10.2 Å². The molecule has 0 atom stereocenters. The average molecular weight is 145 g/mol. The summed E-state index contributed by atoms with van der Waals surface area (Å²) in [5.74, 6) is 0. The van der Waals surface area contributed by atoms with Gasteiger partial charge in [-0.05, 0) is 6.42 Å². The first-order valence-corrected chi connectivity index (χ1v) is 3.42. The predicted octanol–water partition coefficient (Wildman–Crippen LogP) is 0.671. The van der Waals surface area contributed by atoms with Crippen LogP contribution in [-0.2, 0) is 0 Å². The number of unbranched alkanes of at least 4 members (excludes halogenated alkanes) is 2. The first-order valence-electron chi connectivity index (χ1n) is 3.42. The average Bonchev–Trinajstić information content (AvgIpc) is 2.01. The molecule has 0 bridgehead atoms. The molecule has 0 fully saturated rings. The topological polar surface area (TPSA) is 64.2 Å². The van der Waals surface area contributed by atoms with Crippen LogP contribution in [-0.4, -0.2) is 23.4 Å². The summed E-state index contributed by atoms with van der Waals surface area (Å²) >= 11 is 0. The van der Waals surface area contributed by atoms with Crippen molar-refractivity contribution in [3.8, 4) is 6.07 Å². The largest absolute Gasteiger partial charge is 0.394 e. The van der Waals surface area contributed by atoms with Gasteiger partial charge in [-0.2, -0.15) is 5.26 Å². The van der Waals surface area contributed by atoms with E-state index in [2.05, 4.69) is 13.0 Å². The summed E-state index contributed by atoms with van der Waals surface area (Å²) in [7, 11) is 0. The highest BCUT2D eigenvalue weighted by atomic mass is 16.3. The van der Waals surface area contributed by atoms with Crippen molar-refractivity contribution in [1.82, 2.24) is 0 Å². The molecule has 0 radical (unpaired) electrons. The molecule has 0 rings (SSSR count). The van der Waals surface area contributed by atoms with Gasteiger partial charge in [0.2, 0.25) is 0 Å². The first-order chi connectivity index (χ1) is 4.83. The van der Waals surface area contributed by atoms with Gasteiger partial charge < -0.3 is 10.2 Å². The highest BCUT2D eigenvalue weighted by molar-refractivity contribution is 4.66. The van der Waals surface area contributed by atoms with Crippen LogP contribution in [0.15, 0.2) is 0 Å². The lowest BCUT2D eigenvalue weighted by atomic mass is 10.3. The molecule has 0 saturated heterocycles. The van der Waals surface area contributed by atoms with Crippen molar-refractivity contribution in [2.24, 2.45) is 0 Å². The molecule has 0 aromatic carbocycles. The Hall–Kier alpha value is -0.590. The summed E-state index contributed by atoms with van der Waals surface area (Å²) in [6, 6.07) is 2.07. The van der Waals surface area contributed by atoms with Gasteiger partial charge in [0.1, 0.15) is 0 Å². The molecule has 0 spiro atoms. The summed E-state index contributed by atoms with van der Waals surface area (Å²) < 4.78 is 0. The molecule has 0 aliphatic carbocycles. The Kier molecular flexibility index (Phi) is 19.1. The number of aliphatic hydroxyl groups excluding tert-OH is 2. The van der Waals surface area contributed by atoms with Gasteiger partial charge in [0.05, 0.1) is 19.3 Å². The fraction of sp³-hybridized carbons (Fsp3) is 0.857. The van der Waals surface area contributed by atoms with E-state index in [1.54, 1.807) is 0 Å². The maximum Gasteiger partial charge on any atom is 0.0662 e. The molecule has 0 aromatic heterocycles. The second-order valence-electron chi connectivity index (χ2n) is 1.71. The Balaban J connectivity index is 0. The van der Waals surface area contributed by atoms with Crippen molar-refractivity contribution >= 4 is 0 Å². The molecule has 0 aliphatic heterocycles. The zero-order valence-electron chi connectivity index (χ0n) is 6.38. The van der Waals surface area contributed by atoms with Crippen LogP contribution in [0, 0.1) is 11.3 Å². The van der Waals surface area contributed by atoms with Gasteiger partial charge in [0.25, 0.3) is 0 Å². The lowest BCUT2D eigenvalue weighted by Gasteiger charge is -1.77. The van der Waals surface area contributed by atoms with Crippen LogP contribution in [0.2, 0.25) is 0 Å². The molecular formula is C7H15NO2. The van der Waals surface area contributed by atoms with Crippen LogP contribution < -0.4 is 0 Å². The Bertz CT molecular complexity index is 76.2. The van der Waals surface area contributed by atoms with Crippen molar-refractivity contribution in [3.05, 3.63) is 0 Å². The second-order valence-corrected chi connectivity index (χ2v) is 1.71. The van der Waals surface area contributed by atoms with E-state index >= 15 is 0 Å². The number of hydrogen-bond donors (Lipinski definition) is 2. The van der Waals surface area contributed by atoms with Crippen molar-refractivity contribution in [1.29, 1.82) is 5.26 Å². The molecule has 3 heteroatoms. The SMILES string of the molecule is CCCCC#N.OCCO. The molecule has 60 valence electrons. The summed E-state index contributed by atoms with van der Waals surface area (Å²) in [5.41, 5.74) is 0. The third-order valence-corrected chi connectivity index (χ3v) is 0.742. The maximum absolute atomic E-state index is 7.95. The molecular weight excluding hydrogens is 130 g/mol. The van der Waals surface area contributed by atoms with E-state index < -0.39 is 0 Å². The minimum absolute atomic E-state index is 0.125. The number of aliphatic hydroxyl groups is 2. The Labute approximate surface area is 61.9 Å². The van der Waals surface area contributed by atoms with Crippen LogP contribution in [0.4, 0.5) is 0 Å². The van der Waals surface area contributed by atoms with Crippen LogP contribution >= 0.6 is 0 Å². The Morgan fingerprint density at radius 1 is 1.30 bits per heavy atom. The number of nitriles is 1. The Morgan fingerprint density at radius 3 is 1.90 bits per heavy atom. The molecule has 0 aliphatic rings. The smallest absolute Gasteiger partial charge is 0.0662 e. The molecule has 0 aromatic rings. The lowest BCUT2D eigenvalue weighted by molar-refractivity contribution is 0.186. The van der Waals surface area contributed by atoms with Gasteiger partial charge >= 0.3 is 0 Å². The van der Waals surface area contributed by atoms with Crippen LogP contribution in [0.5, 0.6) is 0 Å². The molecule has 2 N–H and O–H groups in total. The van der Waals surface area contributed by atoms with Gasteiger partial charge in [-0.15, -0.1) is 0 Å². The summed E-state index contributed by atoms with van der Waals surface area (Å²) in [5, 5.41) is 23.2. The fourth-order valence-corrected chi connectivity index (χ4v) is 0.256. The third-order valence-electron chi connectivity index (χ3n) is 0.742. The molecule has 0 saturated carbocycles. The zero-order chi connectivity index (χ0) is 8.24. The van der Waals surface area contributed by atoms with Crippen molar-refractivity contribution in [2.75, 3.05) is 13.2 Å². The molecule has 0 heterocycles. The van der Waals surface area contributed by atoms with E-state index in [9.17, 15) is 0 Å². The standard InChI is InChI=1S/C5H9N.C2H6O2/c1-2-3-4-5-6;3-1-2-4/h2-4H2,1H3;3-4H,1-2H2. The van der Waals surface area contributed by atoms with E-state index in [0.717, 1.165) is 19.3 Å². The summed E-state index contributed by atoms with van der Waals surface area (Å²) in [6.45, 7) is 1.83. The van der Waals surface area contributed by atoms with Gasteiger partial charge in [0, 0.05) is 6.42 Å². The maximum atomic E-state index is 7.95. The number of hydrogen-bond acceptors (Lipinski definition) is 3. The molecule has 3 nitrogen and oxygen atoms in total. The van der Waals surface area contributed by atoms with E-state index in [-0.39, 0.29) is 13.2 Å². The van der Waals surface area contributed by atoms with Crippen molar-refractivity contribution in [2.45, 2.75) is 26.2 Å². The normalized spacial score (nSPS) is 7.40. The minimum Gasteiger partial charge on any atom is -0.394 e. The van der Waals surface area contributed by atoms with Gasteiger partial charge in [0.15, 0.2) is 0 Å². The third kappa shape index (κ3) is 26.2. The second kappa shape index (κ2) is 15.8. The van der Waals surface area contributed by atoms with Crippen LogP contribution in [0.25, 0.3) is 0 Å². The van der Waals surface area contributed by atoms with E-state index in [1.165, 1.54) is 0 Å². The zero-order valence-corrected chi connectivity index (χ0v) is 6.38. The quantitative estimate of drug-likeness (QED) is 0.574. The van der Waals surface area contributed by atoms with E-state index in [4.69, 9.17) is 15.5 Å². The molecule has 0 amide bonds. The lowest BCUT2D eigenvalue weighted by Crippen LogP contribution is -1.85. The van der Waals surface area contributed by atoms with Crippen LogP contribution in [0.1, 0.15) is 26.2 Å². The minimum atomic E-state index is -0.125. The Morgan fingerprint density at radius 2 is 1.80 bits per heavy atom. The first kappa shape index (κ1) is 12.1. The van der Waals surface area contributed by atoms with E-state index in [1.807, 2.05) is 0 Å².